The summed E-state index contributed by atoms with van der Waals surface area (Å²) in [6.07, 6.45) is 8.39. The first-order chi connectivity index (χ1) is 27.7. The Kier molecular flexibility index (Phi) is 6.69. The number of hydrogen-bond donors (Lipinski definition) is 0. The average Bonchev–Trinajstić information content (AvgIpc) is 3.84. The molecule has 0 amide bonds. The molecular formula is C51H31N3O2. The van der Waals surface area contributed by atoms with Gasteiger partial charge in [-0.2, -0.15) is 0 Å². The van der Waals surface area contributed by atoms with E-state index in [-0.39, 0.29) is 12.0 Å². The van der Waals surface area contributed by atoms with Gasteiger partial charge in [0.2, 0.25) is 0 Å². The summed E-state index contributed by atoms with van der Waals surface area (Å²) in [4.78, 5) is 15.6. The Morgan fingerprint density at radius 2 is 1.11 bits per heavy atom. The molecule has 0 saturated heterocycles. The highest BCUT2D eigenvalue weighted by Gasteiger charge is 2.38. The molecule has 3 heterocycles. The van der Waals surface area contributed by atoms with Crippen molar-refractivity contribution in [3.63, 3.8) is 0 Å². The minimum atomic E-state index is -0.167. The lowest BCUT2D eigenvalue weighted by atomic mass is 9.85. The Balaban J connectivity index is 1.12. The van der Waals surface area contributed by atoms with Crippen LogP contribution in [0.2, 0.25) is 0 Å². The van der Waals surface area contributed by atoms with Crippen molar-refractivity contribution < 1.29 is 9.15 Å². The van der Waals surface area contributed by atoms with Crippen LogP contribution in [0, 0.1) is 0 Å². The van der Waals surface area contributed by atoms with Gasteiger partial charge in [-0.3, -0.25) is 0 Å². The third-order valence-corrected chi connectivity index (χ3v) is 11.4. The van der Waals surface area contributed by atoms with Crippen LogP contribution in [-0.4, -0.2) is 21.1 Å². The van der Waals surface area contributed by atoms with E-state index in [2.05, 4.69) is 146 Å². The molecule has 8 aromatic carbocycles. The number of nitrogens with zero attached hydrogens (tertiary/aromatic N) is 3. The number of furan rings is 1. The van der Waals surface area contributed by atoms with Gasteiger partial charge < -0.3 is 9.15 Å². The van der Waals surface area contributed by atoms with Gasteiger partial charge in [-0.15, -0.1) is 0 Å². The number of allylic oxidation sites excluding steroid dienone is 2. The SMILES string of the molecule is C1=CC2Oc3c(-c4c5ccccc5cc5c4oc4ccccc45)ccc(-c4nc(-c5ccccc5)nc(-c5ccc6ccc7ccccc7c6c5)n4)c3C2C=C1. The van der Waals surface area contributed by atoms with Crippen molar-refractivity contribution in [3.8, 4) is 51.0 Å². The molecular weight excluding hydrogens is 687 g/mol. The maximum absolute atomic E-state index is 7.00. The molecule has 2 aliphatic rings. The normalized spacial score (nSPS) is 15.9. The fourth-order valence-electron chi connectivity index (χ4n) is 8.82. The molecule has 0 fully saturated rings. The van der Waals surface area contributed by atoms with Gasteiger partial charge in [-0.05, 0) is 68.7 Å². The Morgan fingerprint density at radius 1 is 0.446 bits per heavy atom. The number of aromatic nitrogens is 3. The highest BCUT2D eigenvalue weighted by Crippen LogP contribution is 2.53. The molecule has 5 heteroatoms. The topological polar surface area (TPSA) is 61.0 Å². The van der Waals surface area contributed by atoms with Crippen LogP contribution in [-0.2, 0) is 0 Å². The summed E-state index contributed by atoms with van der Waals surface area (Å²) in [5, 5.41) is 9.16. The predicted octanol–water partition coefficient (Wildman–Crippen LogP) is 12.9. The number of para-hydroxylation sites is 1. The second-order valence-electron chi connectivity index (χ2n) is 14.6. The van der Waals surface area contributed by atoms with Crippen LogP contribution >= 0.6 is 0 Å². The molecule has 2 atom stereocenters. The maximum atomic E-state index is 7.00. The summed E-state index contributed by atoms with van der Waals surface area (Å²) in [5.41, 5.74) is 7.56. The number of hydrogen-bond acceptors (Lipinski definition) is 5. The first kappa shape index (κ1) is 31.0. The van der Waals surface area contributed by atoms with Crippen LogP contribution in [0.3, 0.4) is 0 Å². The molecule has 0 saturated carbocycles. The molecule has 2 unspecified atom stereocenters. The summed E-state index contributed by atoms with van der Waals surface area (Å²) in [7, 11) is 0. The Bertz CT molecular complexity index is 3310. The maximum Gasteiger partial charge on any atom is 0.164 e. The van der Waals surface area contributed by atoms with Gasteiger partial charge in [-0.25, -0.2) is 15.0 Å². The van der Waals surface area contributed by atoms with Gasteiger partial charge in [0.25, 0.3) is 0 Å². The van der Waals surface area contributed by atoms with Crippen LogP contribution in [0.4, 0.5) is 0 Å². The quantitative estimate of drug-likeness (QED) is 0.170. The van der Waals surface area contributed by atoms with Gasteiger partial charge in [0.15, 0.2) is 17.5 Å². The van der Waals surface area contributed by atoms with Crippen molar-refractivity contribution in [2.45, 2.75) is 12.0 Å². The lowest BCUT2D eigenvalue weighted by molar-refractivity contribution is 0.270. The molecule has 0 spiro atoms. The lowest BCUT2D eigenvalue weighted by Gasteiger charge is -2.17. The molecule has 2 aromatic heterocycles. The van der Waals surface area contributed by atoms with Crippen LogP contribution in [0.5, 0.6) is 5.75 Å². The number of benzene rings is 8. The van der Waals surface area contributed by atoms with E-state index in [1.807, 2.05) is 30.3 Å². The van der Waals surface area contributed by atoms with E-state index < -0.39 is 0 Å². The van der Waals surface area contributed by atoms with E-state index in [0.717, 1.165) is 77.2 Å². The van der Waals surface area contributed by atoms with Crippen LogP contribution in [0.25, 0.3) is 99.5 Å². The summed E-state index contributed by atoms with van der Waals surface area (Å²) in [6, 6.07) is 52.9. The Labute approximate surface area is 321 Å². The van der Waals surface area contributed by atoms with Gasteiger partial charge in [0, 0.05) is 50.1 Å². The number of fused-ring (bicyclic) bond motifs is 10. The standard InChI is InChI=1S/C51H31N3O2/c1-2-13-32(14-3-1)49-52-50(34-25-24-31-23-22-30-12-4-6-16-35(30)41(31)29-34)54-51(53-49)40-27-26-39(47-46(40)38-19-9-11-21-44(38)56-47)45-36-17-7-5-15-33(36)28-42-37-18-8-10-20-43(37)55-48(42)45/h1-29,38,44H. The van der Waals surface area contributed by atoms with Gasteiger partial charge in [0.1, 0.15) is 23.0 Å². The lowest BCUT2D eigenvalue weighted by Crippen LogP contribution is -2.16. The minimum Gasteiger partial charge on any atom is -0.484 e. The zero-order valence-corrected chi connectivity index (χ0v) is 30.1. The summed E-state index contributed by atoms with van der Waals surface area (Å²) in [5.74, 6) is 2.64. The van der Waals surface area contributed by atoms with Crippen molar-refractivity contribution in [1.29, 1.82) is 0 Å². The van der Waals surface area contributed by atoms with E-state index in [0.29, 0.717) is 17.5 Å². The Morgan fingerprint density at radius 3 is 1.98 bits per heavy atom. The minimum absolute atomic E-state index is 0.0292. The molecule has 0 bridgehead atoms. The Hall–Kier alpha value is -7.37. The third-order valence-electron chi connectivity index (χ3n) is 11.4. The van der Waals surface area contributed by atoms with Gasteiger partial charge in [0.05, 0.1) is 0 Å². The second kappa shape index (κ2) is 12.1. The monoisotopic (exact) mass is 717 g/mol. The van der Waals surface area contributed by atoms with Crippen molar-refractivity contribution in [1.82, 2.24) is 15.0 Å². The molecule has 1 aliphatic heterocycles. The fraction of sp³-hybridized carbons (Fsp3) is 0.0392. The zero-order valence-electron chi connectivity index (χ0n) is 30.1. The highest BCUT2D eigenvalue weighted by molar-refractivity contribution is 6.19. The van der Waals surface area contributed by atoms with E-state index in [1.165, 1.54) is 16.2 Å². The van der Waals surface area contributed by atoms with E-state index in [9.17, 15) is 0 Å². The first-order valence-electron chi connectivity index (χ1n) is 19.0. The molecule has 262 valence electrons. The van der Waals surface area contributed by atoms with E-state index >= 15 is 0 Å². The number of ether oxygens (including phenoxy) is 1. The molecule has 56 heavy (non-hydrogen) atoms. The highest BCUT2D eigenvalue weighted by atomic mass is 16.5. The van der Waals surface area contributed by atoms with Gasteiger partial charge >= 0.3 is 0 Å². The fourth-order valence-corrected chi connectivity index (χ4v) is 8.82. The van der Waals surface area contributed by atoms with Crippen LogP contribution < -0.4 is 4.74 Å². The molecule has 0 N–H and O–H groups in total. The van der Waals surface area contributed by atoms with Crippen molar-refractivity contribution in [2.24, 2.45) is 0 Å². The predicted molar refractivity (Wildman–Crippen MR) is 227 cm³/mol. The van der Waals surface area contributed by atoms with E-state index in [4.69, 9.17) is 24.1 Å². The average molecular weight is 718 g/mol. The largest absolute Gasteiger partial charge is 0.484 e. The van der Waals surface area contributed by atoms with Crippen LogP contribution in [0.15, 0.2) is 180 Å². The van der Waals surface area contributed by atoms with E-state index in [1.54, 1.807) is 0 Å². The second-order valence-corrected chi connectivity index (χ2v) is 14.6. The number of rotatable bonds is 4. The molecule has 10 aromatic rings. The summed E-state index contributed by atoms with van der Waals surface area (Å²) < 4.78 is 13.7. The molecule has 1 aliphatic carbocycles. The molecule has 12 rings (SSSR count). The molecule has 5 nitrogen and oxygen atoms in total. The van der Waals surface area contributed by atoms with Crippen molar-refractivity contribution in [2.75, 3.05) is 0 Å². The van der Waals surface area contributed by atoms with Gasteiger partial charge in [-0.1, -0.05) is 140 Å². The van der Waals surface area contributed by atoms with Crippen molar-refractivity contribution >= 4 is 54.3 Å². The van der Waals surface area contributed by atoms with Crippen molar-refractivity contribution in [3.05, 3.63) is 182 Å². The zero-order chi connectivity index (χ0) is 36.7. The smallest absolute Gasteiger partial charge is 0.164 e. The molecule has 0 radical (unpaired) electrons. The van der Waals surface area contributed by atoms with Crippen LogP contribution in [0.1, 0.15) is 11.5 Å². The first-order valence-corrected chi connectivity index (χ1v) is 19.0. The summed E-state index contributed by atoms with van der Waals surface area (Å²) >= 11 is 0. The third kappa shape index (κ3) is 4.71. The summed E-state index contributed by atoms with van der Waals surface area (Å²) in [6.45, 7) is 0.